The van der Waals surface area contributed by atoms with Crippen LogP contribution < -0.4 is 0 Å². The second-order valence-corrected chi connectivity index (χ2v) is 5.36. The minimum atomic E-state index is -0.546. The van der Waals surface area contributed by atoms with Crippen LogP contribution in [0.4, 0.5) is 0 Å². The number of halogens is 1. The van der Waals surface area contributed by atoms with E-state index in [2.05, 4.69) is 10.3 Å². The third-order valence-corrected chi connectivity index (χ3v) is 3.59. The number of carbonyl (C=O) groups excluding carboxylic acids is 1. The first kappa shape index (κ1) is 15.3. The van der Waals surface area contributed by atoms with Crippen LogP contribution in [-0.2, 0) is 11.3 Å². The van der Waals surface area contributed by atoms with Gasteiger partial charge in [0.05, 0.1) is 11.4 Å². The lowest BCUT2D eigenvalue weighted by Gasteiger charge is -2.04. The summed E-state index contributed by atoms with van der Waals surface area (Å²) in [6.07, 6.45) is 0. The van der Waals surface area contributed by atoms with Gasteiger partial charge in [-0.2, -0.15) is 5.10 Å². The minimum absolute atomic E-state index is 0.0163. The molecule has 0 amide bonds. The van der Waals surface area contributed by atoms with Crippen LogP contribution in [0.2, 0.25) is 5.15 Å². The largest absolute Gasteiger partial charge is 0.455 e. The van der Waals surface area contributed by atoms with Gasteiger partial charge in [-0.25, -0.2) is 9.48 Å². The Labute approximate surface area is 137 Å². The van der Waals surface area contributed by atoms with Gasteiger partial charge in [0, 0.05) is 6.07 Å². The van der Waals surface area contributed by atoms with Crippen LogP contribution in [0.15, 0.2) is 40.9 Å². The molecule has 0 unspecified atom stereocenters. The van der Waals surface area contributed by atoms with Crippen molar-refractivity contribution in [1.82, 2.24) is 14.9 Å². The molecule has 2 aromatic heterocycles. The van der Waals surface area contributed by atoms with Crippen molar-refractivity contribution < 1.29 is 14.1 Å². The highest BCUT2D eigenvalue weighted by atomic mass is 35.5. The molecule has 0 aliphatic heterocycles. The monoisotopic (exact) mass is 331 g/mol. The molecular weight excluding hydrogens is 318 g/mol. The van der Waals surface area contributed by atoms with Crippen LogP contribution in [-0.4, -0.2) is 20.9 Å². The number of carbonyl (C=O) groups is 1. The molecule has 0 fully saturated rings. The van der Waals surface area contributed by atoms with E-state index in [0.717, 1.165) is 5.69 Å². The maximum atomic E-state index is 12.3. The molecule has 0 aliphatic carbocycles. The van der Waals surface area contributed by atoms with Gasteiger partial charge in [0.2, 0.25) is 0 Å². The van der Waals surface area contributed by atoms with E-state index in [4.69, 9.17) is 20.9 Å². The number of nitrogens with zero attached hydrogens (tertiary/aromatic N) is 3. The van der Waals surface area contributed by atoms with Crippen LogP contribution >= 0.6 is 11.6 Å². The van der Waals surface area contributed by atoms with Gasteiger partial charge in [-0.1, -0.05) is 35.0 Å². The standard InChI is InChI=1S/C16H14ClN3O3/c1-10-8-12(19-23-10)9-22-16(21)14-11(2)18-20(15(14)17)13-6-4-3-5-7-13/h3-8H,9H2,1-2H3. The van der Waals surface area contributed by atoms with Crippen LogP contribution in [0, 0.1) is 13.8 Å². The molecule has 2 heterocycles. The molecule has 0 N–H and O–H groups in total. The average molecular weight is 332 g/mol. The normalized spacial score (nSPS) is 10.7. The highest BCUT2D eigenvalue weighted by molar-refractivity contribution is 6.33. The molecule has 1 aromatic carbocycles. The first-order valence-electron chi connectivity index (χ1n) is 6.96. The topological polar surface area (TPSA) is 70.2 Å². The summed E-state index contributed by atoms with van der Waals surface area (Å²) in [6.45, 7) is 3.49. The zero-order valence-electron chi connectivity index (χ0n) is 12.6. The number of benzene rings is 1. The fourth-order valence-electron chi connectivity index (χ4n) is 2.17. The van der Waals surface area contributed by atoms with E-state index in [1.54, 1.807) is 19.9 Å². The first-order valence-corrected chi connectivity index (χ1v) is 7.34. The number of hydrogen-bond donors (Lipinski definition) is 0. The number of aryl methyl sites for hydroxylation is 2. The van der Waals surface area contributed by atoms with E-state index >= 15 is 0 Å². The SMILES string of the molecule is Cc1cc(COC(=O)c2c(C)nn(-c3ccccc3)c2Cl)no1. The molecule has 0 aliphatic rings. The van der Waals surface area contributed by atoms with Crippen LogP contribution in [0.3, 0.4) is 0 Å². The highest BCUT2D eigenvalue weighted by Gasteiger charge is 2.22. The summed E-state index contributed by atoms with van der Waals surface area (Å²) in [6, 6.07) is 11.0. The summed E-state index contributed by atoms with van der Waals surface area (Å²) in [4.78, 5) is 12.3. The predicted molar refractivity (Wildman–Crippen MR) is 83.7 cm³/mol. The van der Waals surface area contributed by atoms with E-state index in [1.165, 1.54) is 4.68 Å². The molecule has 3 aromatic rings. The Balaban J connectivity index is 1.82. The smallest absolute Gasteiger partial charge is 0.343 e. The van der Waals surface area contributed by atoms with Crippen molar-refractivity contribution in [3.63, 3.8) is 0 Å². The number of aromatic nitrogens is 3. The summed E-state index contributed by atoms with van der Waals surface area (Å²) in [7, 11) is 0. The van der Waals surface area contributed by atoms with Gasteiger partial charge in [-0.15, -0.1) is 0 Å². The molecule has 0 atom stereocenters. The minimum Gasteiger partial charge on any atom is -0.455 e. The maximum absolute atomic E-state index is 12.3. The van der Waals surface area contributed by atoms with E-state index in [0.29, 0.717) is 17.1 Å². The molecule has 0 saturated heterocycles. The van der Waals surface area contributed by atoms with Gasteiger partial charge in [0.25, 0.3) is 0 Å². The first-order chi connectivity index (χ1) is 11.1. The molecule has 3 rings (SSSR count). The van der Waals surface area contributed by atoms with Crippen molar-refractivity contribution in [2.24, 2.45) is 0 Å². The molecule has 0 bridgehead atoms. The summed E-state index contributed by atoms with van der Waals surface area (Å²) in [5.41, 5.74) is 2.06. The molecule has 0 spiro atoms. The Morgan fingerprint density at radius 2 is 2.04 bits per heavy atom. The van der Waals surface area contributed by atoms with E-state index in [9.17, 15) is 4.79 Å². The summed E-state index contributed by atoms with van der Waals surface area (Å²) < 4.78 is 11.7. The molecule has 7 heteroatoms. The van der Waals surface area contributed by atoms with Crippen LogP contribution in [0.5, 0.6) is 0 Å². The highest BCUT2D eigenvalue weighted by Crippen LogP contribution is 2.24. The quantitative estimate of drug-likeness (QED) is 0.684. The van der Waals surface area contributed by atoms with E-state index in [1.807, 2.05) is 30.3 Å². The Morgan fingerprint density at radius 1 is 1.30 bits per heavy atom. The molecule has 23 heavy (non-hydrogen) atoms. The van der Waals surface area contributed by atoms with E-state index in [-0.39, 0.29) is 17.3 Å². The second kappa shape index (κ2) is 6.26. The van der Waals surface area contributed by atoms with E-state index < -0.39 is 5.97 Å². The Bertz CT molecular complexity index is 840. The summed E-state index contributed by atoms with van der Waals surface area (Å²) in [5.74, 6) is 0.109. The fourth-order valence-corrected chi connectivity index (χ4v) is 2.52. The molecule has 6 nitrogen and oxygen atoms in total. The molecule has 118 valence electrons. The molecular formula is C16H14ClN3O3. The van der Waals surface area contributed by atoms with Crippen molar-refractivity contribution in [1.29, 1.82) is 0 Å². The number of rotatable bonds is 4. The lowest BCUT2D eigenvalue weighted by molar-refractivity contribution is 0.0463. The molecule has 0 radical (unpaired) electrons. The maximum Gasteiger partial charge on any atom is 0.343 e. The van der Waals surface area contributed by atoms with Crippen molar-refractivity contribution >= 4 is 17.6 Å². The number of para-hydroxylation sites is 1. The zero-order valence-corrected chi connectivity index (χ0v) is 13.4. The van der Waals surface area contributed by atoms with Crippen molar-refractivity contribution in [3.8, 4) is 5.69 Å². The van der Waals surface area contributed by atoms with Crippen molar-refractivity contribution in [2.45, 2.75) is 20.5 Å². The van der Waals surface area contributed by atoms with Gasteiger partial charge in [0.1, 0.15) is 28.8 Å². The van der Waals surface area contributed by atoms with Gasteiger partial charge in [-0.05, 0) is 26.0 Å². The Kier molecular flexibility index (Phi) is 4.16. The lowest BCUT2D eigenvalue weighted by atomic mass is 10.2. The third-order valence-electron chi connectivity index (χ3n) is 3.24. The molecule has 0 saturated carbocycles. The van der Waals surface area contributed by atoms with Crippen LogP contribution in [0.1, 0.15) is 27.5 Å². The zero-order chi connectivity index (χ0) is 16.4. The van der Waals surface area contributed by atoms with Crippen molar-refractivity contribution in [3.05, 3.63) is 64.3 Å². The Morgan fingerprint density at radius 3 is 2.70 bits per heavy atom. The third kappa shape index (κ3) is 3.12. The summed E-state index contributed by atoms with van der Waals surface area (Å²) in [5, 5.41) is 8.30. The van der Waals surface area contributed by atoms with Crippen LogP contribution in [0.25, 0.3) is 5.69 Å². The summed E-state index contributed by atoms with van der Waals surface area (Å²) >= 11 is 6.31. The number of hydrogen-bond acceptors (Lipinski definition) is 5. The number of ether oxygens (including phenoxy) is 1. The Hall–Kier alpha value is -2.60. The van der Waals surface area contributed by atoms with Gasteiger partial charge >= 0.3 is 5.97 Å². The van der Waals surface area contributed by atoms with Gasteiger partial charge in [-0.3, -0.25) is 0 Å². The fraction of sp³-hybridized carbons (Fsp3) is 0.188. The van der Waals surface area contributed by atoms with Gasteiger partial charge < -0.3 is 9.26 Å². The van der Waals surface area contributed by atoms with Crippen molar-refractivity contribution in [2.75, 3.05) is 0 Å². The van der Waals surface area contributed by atoms with Gasteiger partial charge in [0.15, 0.2) is 0 Å². The predicted octanol–water partition coefficient (Wildman–Crippen LogP) is 3.49. The number of esters is 1. The average Bonchev–Trinajstić information content (AvgIpc) is 3.09. The second-order valence-electron chi connectivity index (χ2n) is 5.00. The lowest BCUT2D eigenvalue weighted by Crippen LogP contribution is -2.07.